The van der Waals surface area contributed by atoms with Crippen molar-refractivity contribution >= 4 is 5.97 Å². The van der Waals surface area contributed by atoms with Crippen LogP contribution >= 0.6 is 0 Å². The predicted molar refractivity (Wildman–Crippen MR) is 88.5 cm³/mol. The fourth-order valence-electron chi connectivity index (χ4n) is 2.17. The van der Waals surface area contributed by atoms with Crippen molar-refractivity contribution in [1.82, 2.24) is 0 Å². The first kappa shape index (κ1) is 17.0. The summed E-state index contributed by atoms with van der Waals surface area (Å²) in [6, 6.07) is 11.1. The van der Waals surface area contributed by atoms with Crippen LogP contribution in [0.15, 0.2) is 36.4 Å². The highest BCUT2D eigenvalue weighted by molar-refractivity contribution is 5.72. The Morgan fingerprint density at radius 1 is 1.13 bits per heavy atom. The van der Waals surface area contributed by atoms with Gasteiger partial charge in [-0.1, -0.05) is 25.1 Å². The van der Waals surface area contributed by atoms with Crippen LogP contribution in [0.2, 0.25) is 0 Å². The zero-order valence-electron chi connectivity index (χ0n) is 13.8. The second-order valence-electron chi connectivity index (χ2n) is 5.41. The number of carbonyl (C=O) groups excluding carboxylic acids is 1. The van der Waals surface area contributed by atoms with Crippen LogP contribution in [0.1, 0.15) is 35.6 Å². The Balaban J connectivity index is 2.22. The number of aryl methyl sites for hydroxylation is 2. The molecule has 0 aliphatic carbocycles. The molecule has 4 heteroatoms. The van der Waals surface area contributed by atoms with Crippen LogP contribution in [-0.2, 0) is 18.0 Å². The summed E-state index contributed by atoms with van der Waals surface area (Å²) in [6.07, 6.45) is 0.292. The number of hydrogen-bond donors (Lipinski definition) is 1. The first-order chi connectivity index (χ1) is 11.0. The van der Waals surface area contributed by atoms with Crippen LogP contribution in [0.3, 0.4) is 0 Å². The van der Waals surface area contributed by atoms with E-state index in [1.165, 1.54) is 5.56 Å². The van der Waals surface area contributed by atoms with Gasteiger partial charge in [0.1, 0.15) is 18.1 Å². The third-order valence-corrected chi connectivity index (χ3v) is 3.77. The van der Waals surface area contributed by atoms with Crippen LogP contribution in [0.5, 0.6) is 11.5 Å². The molecule has 2 rings (SSSR count). The summed E-state index contributed by atoms with van der Waals surface area (Å²) in [6.45, 7) is 5.90. The Bertz CT molecular complexity index is 692. The molecule has 0 aliphatic heterocycles. The SMILES string of the molecule is CCC(=O)Oc1cccc(CO)c1COc1ccc(C)c(C)c1. The van der Waals surface area contributed by atoms with Crippen molar-refractivity contribution in [3.8, 4) is 11.5 Å². The summed E-state index contributed by atoms with van der Waals surface area (Å²) >= 11 is 0. The summed E-state index contributed by atoms with van der Waals surface area (Å²) in [4.78, 5) is 11.6. The van der Waals surface area contributed by atoms with Gasteiger partial charge in [0.15, 0.2) is 0 Å². The molecular weight excluding hydrogens is 292 g/mol. The molecule has 23 heavy (non-hydrogen) atoms. The Morgan fingerprint density at radius 3 is 2.57 bits per heavy atom. The monoisotopic (exact) mass is 314 g/mol. The maximum absolute atomic E-state index is 11.6. The predicted octanol–water partition coefficient (Wildman–Crippen LogP) is 3.69. The summed E-state index contributed by atoms with van der Waals surface area (Å²) in [7, 11) is 0. The number of rotatable bonds is 6. The van der Waals surface area contributed by atoms with E-state index in [-0.39, 0.29) is 19.2 Å². The highest BCUT2D eigenvalue weighted by Crippen LogP contribution is 2.26. The molecule has 1 N–H and O–H groups in total. The van der Waals surface area contributed by atoms with Gasteiger partial charge in [-0.15, -0.1) is 0 Å². The summed E-state index contributed by atoms with van der Waals surface area (Å²) in [5, 5.41) is 9.52. The lowest BCUT2D eigenvalue weighted by molar-refractivity contribution is -0.134. The molecule has 0 heterocycles. The molecule has 0 saturated carbocycles. The van der Waals surface area contributed by atoms with Gasteiger partial charge in [0.2, 0.25) is 0 Å². The van der Waals surface area contributed by atoms with E-state index in [9.17, 15) is 9.90 Å². The quantitative estimate of drug-likeness (QED) is 0.652. The fraction of sp³-hybridized carbons (Fsp3) is 0.316. The van der Waals surface area contributed by atoms with E-state index >= 15 is 0 Å². The number of ether oxygens (including phenoxy) is 2. The number of benzene rings is 2. The molecule has 0 radical (unpaired) electrons. The zero-order chi connectivity index (χ0) is 16.8. The van der Waals surface area contributed by atoms with E-state index in [0.29, 0.717) is 23.3 Å². The van der Waals surface area contributed by atoms with E-state index < -0.39 is 0 Å². The van der Waals surface area contributed by atoms with Crippen LogP contribution in [0, 0.1) is 13.8 Å². The number of esters is 1. The van der Waals surface area contributed by atoms with Gasteiger partial charge in [0, 0.05) is 12.0 Å². The molecule has 0 saturated heterocycles. The van der Waals surface area contributed by atoms with Crippen LogP contribution < -0.4 is 9.47 Å². The smallest absolute Gasteiger partial charge is 0.310 e. The number of aliphatic hydroxyl groups is 1. The van der Waals surface area contributed by atoms with E-state index in [4.69, 9.17) is 9.47 Å². The van der Waals surface area contributed by atoms with Crippen LogP contribution in [-0.4, -0.2) is 11.1 Å². The minimum absolute atomic E-state index is 0.136. The molecule has 4 nitrogen and oxygen atoms in total. The molecule has 0 spiro atoms. The summed E-state index contributed by atoms with van der Waals surface area (Å²) < 4.78 is 11.2. The maximum Gasteiger partial charge on any atom is 0.310 e. The maximum atomic E-state index is 11.6. The Labute approximate surface area is 136 Å². The van der Waals surface area contributed by atoms with E-state index in [0.717, 1.165) is 11.3 Å². The summed E-state index contributed by atoms with van der Waals surface area (Å²) in [5.41, 5.74) is 3.73. The molecule has 122 valence electrons. The molecule has 0 fully saturated rings. The van der Waals surface area contributed by atoms with Gasteiger partial charge in [-0.05, 0) is 48.7 Å². The Kier molecular flexibility index (Phi) is 5.77. The third-order valence-electron chi connectivity index (χ3n) is 3.77. The Hall–Kier alpha value is -2.33. The van der Waals surface area contributed by atoms with Crippen molar-refractivity contribution in [1.29, 1.82) is 0 Å². The highest BCUT2D eigenvalue weighted by atomic mass is 16.5. The third kappa shape index (κ3) is 4.33. The summed E-state index contributed by atoms with van der Waals surface area (Å²) in [5.74, 6) is 0.869. The highest BCUT2D eigenvalue weighted by Gasteiger charge is 2.13. The van der Waals surface area contributed by atoms with Crippen molar-refractivity contribution < 1.29 is 19.4 Å². The van der Waals surface area contributed by atoms with Crippen molar-refractivity contribution in [2.45, 2.75) is 40.4 Å². The van der Waals surface area contributed by atoms with Gasteiger partial charge in [-0.3, -0.25) is 4.79 Å². The van der Waals surface area contributed by atoms with E-state index in [1.807, 2.05) is 32.0 Å². The minimum Gasteiger partial charge on any atom is -0.489 e. The lowest BCUT2D eigenvalue weighted by Gasteiger charge is -2.15. The van der Waals surface area contributed by atoms with Gasteiger partial charge in [-0.2, -0.15) is 0 Å². The molecule has 0 amide bonds. The first-order valence-electron chi connectivity index (χ1n) is 7.67. The van der Waals surface area contributed by atoms with E-state index in [1.54, 1.807) is 25.1 Å². The number of hydrogen-bond acceptors (Lipinski definition) is 4. The lowest BCUT2D eigenvalue weighted by atomic mass is 10.1. The van der Waals surface area contributed by atoms with Crippen LogP contribution in [0.25, 0.3) is 0 Å². The van der Waals surface area contributed by atoms with Gasteiger partial charge in [-0.25, -0.2) is 0 Å². The molecule has 2 aromatic carbocycles. The van der Waals surface area contributed by atoms with Crippen molar-refractivity contribution in [3.63, 3.8) is 0 Å². The zero-order valence-corrected chi connectivity index (χ0v) is 13.8. The average Bonchev–Trinajstić information content (AvgIpc) is 2.56. The Morgan fingerprint density at radius 2 is 1.91 bits per heavy atom. The standard InChI is InChI=1S/C19H22O4/c1-4-19(21)23-18-7-5-6-15(11-20)17(18)12-22-16-9-8-13(2)14(3)10-16/h5-10,20H,4,11-12H2,1-3H3. The second-order valence-corrected chi connectivity index (χ2v) is 5.41. The minimum atomic E-state index is -0.312. The van der Waals surface area contributed by atoms with Gasteiger partial charge < -0.3 is 14.6 Å². The van der Waals surface area contributed by atoms with Gasteiger partial charge in [0.05, 0.1) is 6.61 Å². The molecule has 2 aromatic rings. The van der Waals surface area contributed by atoms with Crippen molar-refractivity contribution in [2.24, 2.45) is 0 Å². The van der Waals surface area contributed by atoms with Crippen molar-refractivity contribution in [3.05, 3.63) is 58.7 Å². The largest absolute Gasteiger partial charge is 0.489 e. The fourth-order valence-corrected chi connectivity index (χ4v) is 2.17. The number of aliphatic hydroxyl groups excluding tert-OH is 1. The number of carbonyl (C=O) groups is 1. The molecule has 0 aliphatic rings. The average molecular weight is 314 g/mol. The van der Waals surface area contributed by atoms with Crippen LogP contribution in [0.4, 0.5) is 0 Å². The van der Waals surface area contributed by atoms with Gasteiger partial charge >= 0.3 is 5.97 Å². The molecule has 0 aromatic heterocycles. The second kappa shape index (κ2) is 7.79. The van der Waals surface area contributed by atoms with Gasteiger partial charge in [0.25, 0.3) is 0 Å². The van der Waals surface area contributed by atoms with E-state index in [2.05, 4.69) is 0 Å². The molecule has 0 bridgehead atoms. The topological polar surface area (TPSA) is 55.8 Å². The molecule has 0 atom stereocenters. The normalized spacial score (nSPS) is 10.4. The molecular formula is C19H22O4. The molecule has 0 unspecified atom stereocenters. The first-order valence-corrected chi connectivity index (χ1v) is 7.67. The van der Waals surface area contributed by atoms with Crippen molar-refractivity contribution in [2.75, 3.05) is 0 Å². The lowest BCUT2D eigenvalue weighted by Crippen LogP contribution is -2.10.